The molecule has 0 amide bonds. The standard InChI is InChI=1S/C12H10I.C2H6O.CH4/c1-3-7-11(8-4-1)13-12-9-5-2-6-10-12;1-3-2;/h1-10H;1-2H3;1H4/q+1;;. The van der Waals surface area contributed by atoms with Gasteiger partial charge in [0.15, 0.2) is 7.14 Å². The van der Waals surface area contributed by atoms with Crippen LogP contribution in [0.25, 0.3) is 0 Å². The molecule has 0 spiro atoms. The third-order valence-corrected chi connectivity index (χ3v) is 4.37. The molecule has 17 heavy (non-hydrogen) atoms. The van der Waals surface area contributed by atoms with Gasteiger partial charge in [0, 0.05) is 14.2 Å². The lowest BCUT2D eigenvalue weighted by Crippen LogP contribution is -3.61. The SMILES string of the molecule is C.COC.c1ccc([I+]c2ccccc2)cc1. The maximum atomic E-state index is 4.25. The van der Waals surface area contributed by atoms with Crippen molar-refractivity contribution >= 4 is 0 Å². The molecule has 2 aromatic carbocycles. The van der Waals surface area contributed by atoms with Crippen molar-refractivity contribution in [2.24, 2.45) is 0 Å². The fraction of sp³-hybridized carbons (Fsp3) is 0.200. The quantitative estimate of drug-likeness (QED) is 0.730. The Labute approximate surface area is 115 Å². The third-order valence-electron chi connectivity index (χ3n) is 1.68. The molecule has 0 fully saturated rings. The van der Waals surface area contributed by atoms with Crippen LogP contribution in [0.1, 0.15) is 7.43 Å². The number of hydrogen-bond donors (Lipinski definition) is 0. The largest absolute Gasteiger partial charge is 0.388 e. The Kier molecular flexibility index (Phi) is 9.77. The first-order chi connectivity index (χ1) is 7.86. The molecular formula is C15H20IO+. The number of ether oxygens (including phenoxy) is 1. The van der Waals surface area contributed by atoms with Gasteiger partial charge in [-0.1, -0.05) is 43.8 Å². The molecule has 2 heteroatoms. The summed E-state index contributed by atoms with van der Waals surface area (Å²) in [5, 5.41) is 0. The summed E-state index contributed by atoms with van der Waals surface area (Å²) in [6.07, 6.45) is 0. The minimum atomic E-state index is 0. The predicted octanol–water partition coefficient (Wildman–Crippen LogP) is 0.714. The lowest BCUT2D eigenvalue weighted by molar-refractivity contribution is -0.597. The summed E-state index contributed by atoms with van der Waals surface area (Å²) in [4.78, 5) is 0. The minimum Gasteiger partial charge on any atom is -0.388 e. The van der Waals surface area contributed by atoms with Gasteiger partial charge in [-0.3, -0.25) is 0 Å². The molecule has 92 valence electrons. The van der Waals surface area contributed by atoms with E-state index in [1.54, 1.807) is 14.2 Å². The van der Waals surface area contributed by atoms with Gasteiger partial charge in [0.2, 0.25) is 0 Å². The molecule has 0 aliphatic carbocycles. The van der Waals surface area contributed by atoms with Gasteiger partial charge >= 0.3 is 21.2 Å². The molecule has 0 heterocycles. The summed E-state index contributed by atoms with van der Waals surface area (Å²) in [6.45, 7) is 0. The monoisotopic (exact) mass is 343 g/mol. The lowest BCUT2D eigenvalue weighted by Gasteiger charge is -1.84. The van der Waals surface area contributed by atoms with Gasteiger partial charge in [-0.25, -0.2) is 0 Å². The molecular weight excluding hydrogens is 323 g/mol. The van der Waals surface area contributed by atoms with Crippen LogP contribution >= 0.6 is 0 Å². The summed E-state index contributed by atoms with van der Waals surface area (Å²) in [5.41, 5.74) is 0. The summed E-state index contributed by atoms with van der Waals surface area (Å²) in [5.74, 6) is 0. The van der Waals surface area contributed by atoms with Crippen LogP contribution in [0.5, 0.6) is 0 Å². The highest BCUT2D eigenvalue weighted by atomic mass is 127. The van der Waals surface area contributed by atoms with Crippen molar-refractivity contribution in [3.05, 3.63) is 67.8 Å². The van der Waals surface area contributed by atoms with Gasteiger partial charge < -0.3 is 4.74 Å². The van der Waals surface area contributed by atoms with Crippen LogP contribution in [-0.2, 0) is 4.74 Å². The second-order valence-corrected chi connectivity index (χ2v) is 6.12. The average molecular weight is 343 g/mol. The topological polar surface area (TPSA) is 9.23 Å². The number of halogens is 1. The van der Waals surface area contributed by atoms with E-state index in [1.165, 1.54) is 7.14 Å². The predicted molar refractivity (Wildman–Crippen MR) is 69.9 cm³/mol. The van der Waals surface area contributed by atoms with Crippen molar-refractivity contribution in [1.29, 1.82) is 0 Å². The van der Waals surface area contributed by atoms with E-state index in [9.17, 15) is 0 Å². The second-order valence-electron chi connectivity index (χ2n) is 3.09. The van der Waals surface area contributed by atoms with Gasteiger partial charge in [0.25, 0.3) is 0 Å². The number of methoxy groups -OCH3 is 1. The van der Waals surface area contributed by atoms with Crippen molar-refractivity contribution in [2.45, 2.75) is 7.43 Å². The van der Waals surface area contributed by atoms with Crippen LogP contribution in [0.15, 0.2) is 60.7 Å². The van der Waals surface area contributed by atoms with Crippen LogP contribution in [0.2, 0.25) is 0 Å². The van der Waals surface area contributed by atoms with E-state index in [4.69, 9.17) is 0 Å². The Morgan fingerprint density at radius 3 is 1.29 bits per heavy atom. The molecule has 0 unspecified atom stereocenters. The molecule has 1 nitrogen and oxygen atoms in total. The first kappa shape index (κ1) is 16.1. The zero-order valence-corrected chi connectivity index (χ0v) is 11.7. The van der Waals surface area contributed by atoms with Gasteiger partial charge in [0.05, 0.1) is 0 Å². The van der Waals surface area contributed by atoms with E-state index in [0.29, 0.717) is 0 Å². The highest BCUT2D eigenvalue weighted by Gasteiger charge is 2.12. The summed E-state index contributed by atoms with van der Waals surface area (Å²) in [7, 11) is 3.25. The molecule has 0 bridgehead atoms. The van der Waals surface area contributed by atoms with Gasteiger partial charge in [-0.15, -0.1) is 0 Å². The fourth-order valence-electron chi connectivity index (χ4n) is 1.08. The van der Waals surface area contributed by atoms with Crippen molar-refractivity contribution < 1.29 is 25.9 Å². The Hall–Kier alpha value is -0.870. The molecule has 0 saturated carbocycles. The highest BCUT2D eigenvalue weighted by molar-refractivity contribution is 5.02. The smallest absolute Gasteiger partial charge is 0.357 e. The maximum absolute atomic E-state index is 4.25. The van der Waals surface area contributed by atoms with E-state index in [1.807, 2.05) is 0 Å². The Morgan fingerprint density at radius 1 is 0.706 bits per heavy atom. The Bertz CT molecular complexity index is 335. The number of benzene rings is 2. The van der Waals surface area contributed by atoms with Crippen LogP contribution in [0.3, 0.4) is 0 Å². The highest BCUT2D eigenvalue weighted by Crippen LogP contribution is 1.85. The van der Waals surface area contributed by atoms with E-state index in [-0.39, 0.29) is 28.6 Å². The Balaban J connectivity index is 0.000000583. The van der Waals surface area contributed by atoms with Crippen molar-refractivity contribution in [3.8, 4) is 0 Å². The van der Waals surface area contributed by atoms with Crippen molar-refractivity contribution in [2.75, 3.05) is 14.2 Å². The zero-order chi connectivity index (χ0) is 11.6. The van der Waals surface area contributed by atoms with Crippen molar-refractivity contribution in [1.82, 2.24) is 0 Å². The van der Waals surface area contributed by atoms with Gasteiger partial charge in [0.1, 0.15) is 0 Å². The lowest BCUT2D eigenvalue weighted by atomic mass is 10.4. The van der Waals surface area contributed by atoms with Gasteiger partial charge in [-0.2, -0.15) is 0 Å². The summed E-state index contributed by atoms with van der Waals surface area (Å²) < 4.78 is 7.21. The molecule has 0 aromatic heterocycles. The fourth-order valence-corrected chi connectivity index (χ4v) is 3.35. The maximum Gasteiger partial charge on any atom is 0.357 e. The number of hydrogen-bond acceptors (Lipinski definition) is 1. The minimum absolute atomic E-state index is 0. The van der Waals surface area contributed by atoms with Crippen LogP contribution in [0, 0.1) is 7.14 Å². The average Bonchev–Trinajstić information content (AvgIpc) is 2.33. The molecule has 2 aromatic rings. The molecule has 0 N–H and O–H groups in total. The molecule has 2 rings (SSSR count). The second kappa shape index (κ2) is 10.3. The van der Waals surface area contributed by atoms with Crippen molar-refractivity contribution in [3.63, 3.8) is 0 Å². The van der Waals surface area contributed by atoms with Crippen LogP contribution < -0.4 is 21.2 Å². The van der Waals surface area contributed by atoms with E-state index < -0.39 is 0 Å². The normalized spacial score (nSPS) is 8.59. The zero-order valence-electron chi connectivity index (χ0n) is 9.56. The number of rotatable bonds is 2. The molecule has 0 radical (unpaired) electrons. The molecule has 0 atom stereocenters. The Morgan fingerprint density at radius 2 is 1.00 bits per heavy atom. The van der Waals surface area contributed by atoms with E-state index in [0.717, 1.165) is 0 Å². The summed E-state index contributed by atoms with van der Waals surface area (Å²) >= 11 is 0.0287. The first-order valence-corrected chi connectivity index (χ1v) is 7.17. The third kappa shape index (κ3) is 7.13. The first-order valence-electron chi connectivity index (χ1n) is 5.02. The molecule has 0 aliphatic rings. The molecule has 0 saturated heterocycles. The van der Waals surface area contributed by atoms with E-state index in [2.05, 4.69) is 65.4 Å². The van der Waals surface area contributed by atoms with Gasteiger partial charge in [-0.05, 0) is 24.3 Å². The van der Waals surface area contributed by atoms with E-state index >= 15 is 0 Å². The van der Waals surface area contributed by atoms with Crippen LogP contribution in [-0.4, -0.2) is 14.2 Å². The summed E-state index contributed by atoms with van der Waals surface area (Å²) in [6, 6.07) is 21.4. The molecule has 0 aliphatic heterocycles. The van der Waals surface area contributed by atoms with Crippen LogP contribution in [0.4, 0.5) is 0 Å².